The molecule has 1 aromatic heterocycles. The number of carbonyl (C=O) groups is 1. The van der Waals surface area contributed by atoms with Crippen LogP contribution < -0.4 is 14.8 Å². The Kier molecular flexibility index (Phi) is 4.96. The van der Waals surface area contributed by atoms with Crippen LogP contribution in [0.25, 0.3) is 10.2 Å². The second-order valence-corrected chi connectivity index (χ2v) is 6.20. The topological polar surface area (TPSA) is 60.5 Å². The van der Waals surface area contributed by atoms with Crippen LogP contribution in [0, 0.1) is 0 Å². The van der Waals surface area contributed by atoms with Gasteiger partial charge in [0, 0.05) is 6.54 Å². The fourth-order valence-electron chi connectivity index (χ4n) is 2.43. The number of hydrogen-bond donors (Lipinski definition) is 1. The van der Waals surface area contributed by atoms with Crippen molar-refractivity contribution in [3.05, 3.63) is 53.0 Å². The number of benzene rings is 2. The molecule has 0 aliphatic rings. The standard InChI is InChI=1S/C18H18N2O3S/c1-22-13-7-8-15(23-2)12(11-13)9-10-19-17(21)18-20-14-5-3-4-6-16(14)24-18/h3-8,11H,9-10H2,1-2H3,(H,19,21). The summed E-state index contributed by atoms with van der Waals surface area (Å²) in [4.78, 5) is 16.6. The second kappa shape index (κ2) is 7.31. The van der Waals surface area contributed by atoms with Gasteiger partial charge >= 0.3 is 0 Å². The Bertz CT molecular complexity index is 827. The molecule has 6 heteroatoms. The molecule has 3 aromatic rings. The number of ether oxygens (including phenoxy) is 2. The molecule has 0 saturated carbocycles. The number of para-hydroxylation sites is 1. The van der Waals surface area contributed by atoms with E-state index >= 15 is 0 Å². The maximum absolute atomic E-state index is 12.3. The van der Waals surface area contributed by atoms with Crippen LogP contribution in [0.4, 0.5) is 0 Å². The van der Waals surface area contributed by atoms with Crippen LogP contribution in [-0.2, 0) is 6.42 Å². The molecule has 24 heavy (non-hydrogen) atoms. The van der Waals surface area contributed by atoms with Crippen LogP contribution in [0.3, 0.4) is 0 Å². The summed E-state index contributed by atoms with van der Waals surface area (Å²) in [6, 6.07) is 13.4. The van der Waals surface area contributed by atoms with E-state index in [0.717, 1.165) is 27.3 Å². The minimum Gasteiger partial charge on any atom is -0.497 e. The molecule has 3 rings (SSSR count). The number of rotatable bonds is 6. The van der Waals surface area contributed by atoms with Crippen LogP contribution in [0.2, 0.25) is 0 Å². The first-order valence-corrected chi connectivity index (χ1v) is 8.37. The quantitative estimate of drug-likeness (QED) is 0.747. The number of fused-ring (bicyclic) bond motifs is 1. The highest BCUT2D eigenvalue weighted by Crippen LogP contribution is 2.24. The van der Waals surface area contributed by atoms with E-state index in [0.29, 0.717) is 18.0 Å². The molecular formula is C18H18N2O3S. The predicted molar refractivity (Wildman–Crippen MR) is 95.2 cm³/mol. The third-order valence-electron chi connectivity index (χ3n) is 3.66. The lowest BCUT2D eigenvalue weighted by Crippen LogP contribution is -2.25. The highest BCUT2D eigenvalue weighted by atomic mass is 32.1. The molecule has 1 N–H and O–H groups in total. The molecule has 0 aliphatic heterocycles. The Balaban J connectivity index is 1.64. The third-order valence-corrected chi connectivity index (χ3v) is 4.69. The average molecular weight is 342 g/mol. The van der Waals surface area contributed by atoms with Crippen molar-refractivity contribution >= 4 is 27.5 Å². The van der Waals surface area contributed by atoms with Crippen molar-refractivity contribution in [3.8, 4) is 11.5 Å². The van der Waals surface area contributed by atoms with Crippen molar-refractivity contribution in [2.24, 2.45) is 0 Å². The van der Waals surface area contributed by atoms with Gasteiger partial charge in [0.2, 0.25) is 0 Å². The summed E-state index contributed by atoms with van der Waals surface area (Å²) >= 11 is 1.40. The molecule has 0 fully saturated rings. The SMILES string of the molecule is COc1ccc(OC)c(CCNC(=O)c2nc3ccccc3s2)c1. The summed E-state index contributed by atoms with van der Waals surface area (Å²) in [5, 5.41) is 3.39. The number of nitrogens with one attached hydrogen (secondary N) is 1. The second-order valence-electron chi connectivity index (χ2n) is 5.17. The van der Waals surface area contributed by atoms with Crippen molar-refractivity contribution in [1.29, 1.82) is 0 Å². The van der Waals surface area contributed by atoms with Crippen molar-refractivity contribution < 1.29 is 14.3 Å². The Morgan fingerprint density at radius 1 is 1.17 bits per heavy atom. The summed E-state index contributed by atoms with van der Waals surface area (Å²) in [5.74, 6) is 1.39. The van der Waals surface area contributed by atoms with Crippen molar-refractivity contribution in [2.45, 2.75) is 6.42 Å². The van der Waals surface area contributed by atoms with E-state index < -0.39 is 0 Å². The lowest BCUT2D eigenvalue weighted by molar-refractivity contribution is 0.0954. The summed E-state index contributed by atoms with van der Waals surface area (Å²) < 4.78 is 11.6. The maximum atomic E-state index is 12.3. The number of methoxy groups -OCH3 is 2. The van der Waals surface area contributed by atoms with E-state index in [9.17, 15) is 4.79 Å². The minimum atomic E-state index is -0.155. The molecular weight excluding hydrogens is 324 g/mol. The van der Waals surface area contributed by atoms with Gasteiger partial charge in [-0.3, -0.25) is 4.79 Å². The van der Waals surface area contributed by atoms with Gasteiger partial charge in [0.15, 0.2) is 5.01 Å². The highest BCUT2D eigenvalue weighted by molar-refractivity contribution is 7.20. The van der Waals surface area contributed by atoms with E-state index in [1.54, 1.807) is 14.2 Å². The van der Waals surface area contributed by atoms with Crippen LogP contribution in [0.15, 0.2) is 42.5 Å². The molecule has 5 nitrogen and oxygen atoms in total. The molecule has 124 valence electrons. The molecule has 0 bridgehead atoms. The summed E-state index contributed by atoms with van der Waals surface area (Å²) in [6.07, 6.45) is 0.650. The van der Waals surface area contributed by atoms with Crippen LogP contribution in [-0.4, -0.2) is 31.7 Å². The Labute approximate surface area is 144 Å². The van der Waals surface area contributed by atoms with Gasteiger partial charge in [0.25, 0.3) is 5.91 Å². The van der Waals surface area contributed by atoms with E-state index in [1.165, 1.54) is 11.3 Å². The summed E-state index contributed by atoms with van der Waals surface area (Å²) in [6.45, 7) is 0.498. The molecule has 0 radical (unpaired) electrons. The average Bonchev–Trinajstić information content (AvgIpc) is 3.05. The number of carbonyl (C=O) groups excluding carboxylic acids is 1. The fraction of sp³-hybridized carbons (Fsp3) is 0.222. The number of aromatic nitrogens is 1. The van der Waals surface area contributed by atoms with Gasteiger partial charge < -0.3 is 14.8 Å². The number of thiazole rings is 1. The molecule has 2 aromatic carbocycles. The number of amides is 1. The normalized spacial score (nSPS) is 10.6. The van der Waals surface area contributed by atoms with Crippen LogP contribution in [0.1, 0.15) is 15.4 Å². The van der Waals surface area contributed by atoms with E-state index in [2.05, 4.69) is 10.3 Å². The van der Waals surface area contributed by atoms with Crippen molar-refractivity contribution in [2.75, 3.05) is 20.8 Å². The minimum absolute atomic E-state index is 0.155. The Morgan fingerprint density at radius 3 is 2.75 bits per heavy atom. The zero-order chi connectivity index (χ0) is 16.9. The van der Waals surface area contributed by atoms with Gasteiger partial charge in [0.1, 0.15) is 11.5 Å². The molecule has 1 heterocycles. The third kappa shape index (κ3) is 3.49. The first-order chi connectivity index (χ1) is 11.7. The lowest BCUT2D eigenvalue weighted by Gasteiger charge is -2.10. The van der Waals surface area contributed by atoms with Gasteiger partial charge in [0.05, 0.1) is 24.4 Å². The van der Waals surface area contributed by atoms with Gasteiger partial charge in [-0.1, -0.05) is 12.1 Å². The van der Waals surface area contributed by atoms with E-state index in [-0.39, 0.29) is 5.91 Å². The first kappa shape index (κ1) is 16.3. The monoisotopic (exact) mass is 342 g/mol. The Hall–Kier alpha value is -2.60. The highest BCUT2D eigenvalue weighted by Gasteiger charge is 2.12. The molecule has 0 saturated heterocycles. The largest absolute Gasteiger partial charge is 0.497 e. The maximum Gasteiger partial charge on any atom is 0.280 e. The van der Waals surface area contributed by atoms with E-state index in [4.69, 9.17) is 9.47 Å². The summed E-state index contributed by atoms with van der Waals surface area (Å²) in [7, 11) is 3.26. The first-order valence-electron chi connectivity index (χ1n) is 7.56. The fourth-order valence-corrected chi connectivity index (χ4v) is 3.31. The van der Waals surface area contributed by atoms with Crippen molar-refractivity contribution in [1.82, 2.24) is 10.3 Å². The predicted octanol–water partition coefficient (Wildman–Crippen LogP) is 3.29. The number of hydrogen-bond acceptors (Lipinski definition) is 5. The zero-order valence-corrected chi connectivity index (χ0v) is 14.4. The Morgan fingerprint density at radius 2 is 2.00 bits per heavy atom. The van der Waals surface area contributed by atoms with Gasteiger partial charge in [-0.05, 0) is 42.3 Å². The molecule has 0 atom stereocenters. The molecule has 1 amide bonds. The summed E-state index contributed by atoms with van der Waals surface area (Å²) in [5.41, 5.74) is 1.84. The van der Waals surface area contributed by atoms with Gasteiger partial charge in [-0.15, -0.1) is 11.3 Å². The smallest absolute Gasteiger partial charge is 0.280 e. The molecule has 0 unspecified atom stereocenters. The number of nitrogens with zero attached hydrogens (tertiary/aromatic N) is 1. The molecule has 0 aliphatic carbocycles. The van der Waals surface area contributed by atoms with Crippen molar-refractivity contribution in [3.63, 3.8) is 0 Å². The molecule has 0 spiro atoms. The van der Waals surface area contributed by atoms with Gasteiger partial charge in [-0.2, -0.15) is 0 Å². The van der Waals surface area contributed by atoms with Gasteiger partial charge in [-0.25, -0.2) is 4.98 Å². The van der Waals surface area contributed by atoms with E-state index in [1.807, 2.05) is 42.5 Å². The van der Waals surface area contributed by atoms with Crippen LogP contribution in [0.5, 0.6) is 11.5 Å². The lowest BCUT2D eigenvalue weighted by atomic mass is 10.1. The zero-order valence-electron chi connectivity index (χ0n) is 13.5. The van der Waals surface area contributed by atoms with Crippen LogP contribution >= 0.6 is 11.3 Å².